The van der Waals surface area contributed by atoms with Crippen LogP contribution in [0.1, 0.15) is 66.2 Å². The maximum Gasteiger partial charge on any atom is 0.311 e. The summed E-state index contributed by atoms with van der Waals surface area (Å²) in [6, 6.07) is 0. The summed E-state index contributed by atoms with van der Waals surface area (Å²) >= 11 is 0. The number of methoxy groups -OCH3 is 1. The molecule has 0 bridgehead atoms. The zero-order chi connectivity index (χ0) is 19.5. The fraction of sp³-hybridized carbons (Fsp3) is 0.810. The predicted octanol–water partition coefficient (Wildman–Crippen LogP) is 2.78. The fourth-order valence-corrected chi connectivity index (χ4v) is 6.30. The van der Waals surface area contributed by atoms with Crippen LogP contribution in [0.4, 0.5) is 0 Å². The highest BCUT2D eigenvalue weighted by molar-refractivity contribution is 5.98. The van der Waals surface area contributed by atoms with E-state index in [2.05, 4.69) is 6.92 Å². The monoisotopic (exact) mass is 364 g/mol. The molecule has 5 heteroatoms. The first-order valence-corrected chi connectivity index (χ1v) is 9.68. The molecule has 0 aromatic heterocycles. The molecule has 2 N–H and O–H groups in total. The molecule has 0 aromatic rings. The third-order valence-corrected chi connectivity index (χ3v) is 7.60. The number of Topliss-reactive ketones (excluding diaryl/α,β-unsaturated/α-hetero) is 1. The molecule has 0 saturated heterocycles. The minimum Gasteiger partial charge on any atom is -0.469 e. The van der Waals surface area contributed by atoms with Gasteiger partial charge in [0, 0.05) is 17.9 Å². The number of ether oxygens (including phenoxy) is 1. The molecular weight excluding hydrogens is 332 g/mol. The zero-order valence-electron chi connectivity index (χ0n) is 16.6. The Hall–Kier alpha value is -1.20. The number of aliphatic hydroxyl groups is 2. The molecule has 0 unspecified atom stereocenters. The maximum absolute atomic E-state index is 12.8. The van der Waals surface area contributed by atoms with Gasteiger partial charge in [0.25, 0.3) is 0 Å². The van der Waals surface area contributed by atoms with Gasteiger partial charge in [-0.05, 0) is 63.9 Å². The second kappa shape index (κ2) is 5.90. The van der Waals surface area contributed by atoms with Crippen LogP contribution in [0.25, 0.3) is 0 Å². The van der Waals surface area contributed by atoms with Crippen LogP contribution in [0.3, 0.4) is 0 Å². The molecule has 3 aliphatic rings. The lowest BCUT2D eigenvalue weighted by molar-refractivity contribution is -0.189. The Morgan fingerprint density at radius 2 is 1.88 bits per heavy atom. The summed E-state index contributed by atoms with van der Waals surface area (Å²) in [5.41, 5.74) is -2.95. The summed E-state index contributed by atoms with van der Waals surface area (Å²) in [4.78, 5) is 25.4. The average Bonchev–Trinajstić information content (AvgIpc) is 2.54. The number of carbonyl (C=O) groups excluding carboxylic acids is 2. The molecule has 2 saturated carbocycles. The van der Waals surface area contributed by atoms with Crippen molar-refractivity contribution in [2.75, 3.05) is 7.11 Å². The van der Waals surface area contributed by atoms with Crippen LogP contribution in [0.5, 0.6) is 0 Å². The van der Waals surface area contributed by atoms with Crippen molar-refractivity contribution in [3.05, 3.63) is 11.6 Å². The number of fused-ring (bicyclic) bond motifs is 3. The van der Waals surface area contributed by atoms with E-state index in [1.165, 1.54) is 7.11 Å². The highest BCUT2D eigenvalue weighted by Gasteiger charge is 2.63. The highest BCUT2D eigenvalue weighted by atomic mass is 16.5. The Morgan fingerprint density at radius 1 is 1.23 bits per heavy atom. The largest absolute Gasteiger partial charge is 0.469 e. The van der Waals surface area contributed by atoms with Gasteiger partial charge in [-0.3, -0.25) is 9.59 Å². The molecule has 0 aliphatic heterocycles. The second-order valence-corrected chi connectivity index (χ2v) is 9.65. The van der Waals surface area contributed by atoms with E-state index in [1.807, 2.05) is 6.92 Å². The van der Waals surface area contributed by atoms with Crippen molar-refractivity contribution in [3.8, 4) is 0 Å². The number of hydrogen-bond donors (Lipinski definition) is 2. The predicted molar refractivity (Wildman–Crippen MR) is 97.2 cm³/mol. The van der Waals surface area contributed by atoms with Gasteiger partial charge in [-0.2, -0.15) is 0 Å². The van der Waals surface area contributed by atoms with Crippen molar-refractivity contribution < 1.29 is 24.5 Å². The Morgan fingerprint density at radius 3 is 2.46 bits per heavy atom. The van der Waals surface area contributed by atoms with Crippen molar-refractivity contribution in [1.29, 1.82) is 0 Å². The quantitative estimate of drug-likeness (QED) is 0.736. The minimum atomic E-state index is -1.26. The lowest BCUT2D eigenvalue weighted by Crippen LogP contribution is -2.62. The summed E-state index contributed by atoms with van der Waals surface area (Å²) < 4.78 is 5.12. The van der Waals surface area contributed by atoms with Gasteiger partial charge in [-0.15, -0.1) is 0 Å². The molecule has 2 fully saturated rings. The van der Waals surface area contributed by atoms with Gasteiger partial charge in [0.2, 0.25) is 0 Å². The van der Waals surface area contributed by atoms with Gasteiger partial charge in [0.05, 0.1) is 23.7 Å². The summed E-state index contributed by atoms with van der Waals surface area (Å²) in [7, 11) is 1.43. The molecule has 5 nitrogen and oxygen atoms in total. The molecule has 0 radical (unpaired) electrons. The van der Waals surface area contributed by atoms with Crippen molar-refractivity contribution in [2.24, 2.45) is 22.7 Å². The number of ketones is 1. The van der Waals surface area contributed by atoms with Crippen molar-refractivity contribution in [1.82, 2.24) is 0 Å². The molecule has 0 heterocycles. The molecule has 3 aliphatic carbocycles. The molecule has 5 atom stereocenters. The Labute approximate surface area is 155 Å². The first-order valence-electron chi connectivity index (χ1n) is 9.68. The third kappa shape index (κ3) is 2.66. The standard InChI is InChI=1S/C21H32O5/c1-18(2,24)13-12-21(25)10-7-15-19(3,16(21)11-14(13)22)8-6-9-20(15,4)17(23)26-5/h12,15-16,24-25H,6-11H2,1-5H3/t15-,16-,19+,20+,21+/m1/s1. The van der Waals surface area contributed by atoms with Crippen LogP contribution in [0.2, 0.25) is 0 Å². The van der Waals surface area contributed by atoms with Gasteiger partial charge < -0.3 is 14.9 Å². The van der Waals surface area contributed by atoms with Gasteiger partial charge in [-0.25, -0.2) is 0 Å². The van der Waals surface area contributed by atoms with Gasteiger partial charge in [-0.1, -0.05) is 13.3 Å². The molecular formula is C21H32O5. The van der Waals surface area contributed by atoms with Gasteiger partial charge >= 0.3 is 5.97 Å². The Balaban J connectivity index is 2.05. The van der Waals surface area contributed by atoms with E-state index in [1.54, 1.807) is 19.9 Å². The van der Waals surface area contributed by atoms with Crippen molar-refractivity contribution in [3.63, 3.8) is 0 Å². The molecule has 146 valence electrons. The topological polar surface area (TPSA) is 83.8 Å². The summed E-state index contributed by atoms with van der Waals surface area (Å²) in [6.45, 7) is 7.28. The fourth-order valence-electron chi connectivity index (χ4n) is 6.30. The van der Waals surface area contributed by atoms with Crippen LogP contribution in [-0.2, 0) is 14.3 Å². The van der Waals surface area contributed by atoms with Crippen LogP contribution >= 0.6 is 0 Å². The van der Waals surface area contributed by atoms with E-state index in [0.717, 1.165) is 19.3 Å². The molecule has 0 spiro atoms. The number of esters is 1. The highest BCUT2D eigenvalue weighted by Crippen LogP contribution is 2.64. The van der Waals surface area contributed by atoms with E-state index in [9.17, 15) is 19.8 Å². The second-order valence-electron chi connectivity index (χ2n) is 9.65. The summed E-state index contributed by atoms with van der Waals surface area (Å²) in [5.74, 6) is -0.448. The lowest BCUT2D eigenvalue weighted by Gasteiger charge is -2.61. The smallest absolute Gasteiger partial charge is 0.311 e. The SMILES string of the molecule is COC(=O)[C@@]1(C)CCC[C@]2(C)[C@H]3CC(=O)C(C(C)(C)O)=C[C@@]3(O)CC[C@H]21. The Kier molecular flexibility index (Phi) is 4.44. The first kappa shape index (κ1) is 19.6. The van der Waals surface area contributed by atoms with E-state index in [-0.39, 0.29) is 35.4 Å². The number of carbonyl (C=O) groups is 2. The molecule has 3 rings (SSSR count). The van der Waals surface area contributed by atoms with E-state index >= 15 is 0 Å². The van der Waals surface area contributed by atoms with Crippen LogP contribution in [0.15, 0.2) is 11.6 Å². The molecule has 0 amide bonds. The van der Waals surface area contributed by atoms with Gasteiger partial charge in [0.15, 0.2) is 5.78 Å². The van der Waals surface area contributed by atoms with E-state index in [0.29, 0.717) is 18.4 Å². The van der Waals surface area contributed by atoms with E-state index < -0.39 is 16.6 Å². The molecule has 26 heavy (non-hydrogen) atoms. The van der Waals surface area contributed by atoms with E-state index in [4.69, 9.17) is 4.74 Å². The number of hydrogen-bond acceptors (Lipinski definition) is 5. The minimum absolute atomic E-state index is 0.0753. The van der Waals surface area contributed by atoms with Gasteiger partial charge in [0.1, 0.15) is 0 Å². The number of rotatable bonds is 2. The maximum atomic E-state index is 12.8. The van der Waals surface area contributed by atoms with Crippen molar-refractivity contribution >= 4 is 11.8 Å². The normalized spacial score (nSPS) is 43.2. The summed E-state index contributed by atoms with van der Waals surface area (Å²) in [5, 5.41) is 21.8. The summed E-state index contributed by atoms with van der Waals surface area (Å²) in [6.07, 6.45) is 5.59. The zero-order valence-corrected chi connectivity index (χ0v) is 16.6. The van der Waals surface area contributed by atoms with Crippen LogP contribution in [-0.4, -0.2) is 40.3 Å². The Bertz CT molecular complexity index is 660. The lowest BCUT2D eigenvalue weighted by atomic mass is 9.43. The average molecular weight is 364 g/mol. The third-order valence-electron chi connectivity index (χ3n) is 7.60. The first-order chi connectivity index (χ1) is 11.9. The molecule has 0 aromatic carbocycles. The van der Waals surface area contributed by atoms with Crippen molar-refractivity contribution in [2.45, 2.75) is 77.4 Å². The van der Waals surface area contributed by atoms with Crippen LogP contribution in [0, 0.1) is 22.7 Å². The van der Waals surface area contributed by atoms with Crippen LogP contribution < -0.4 is 0 Å².